The van der Waals surface area contributed by atoms with Gasteiger partial charge in [0.1, 0.15) is 5.82 Å². The van der Waals surface area contributed by atoms with Gasteiger partial charge in [0.15, 0.2) is 0 Å². The van der Waals surface area contributed by atoms with E-state index in [-0.39, 0.29) is 18.5 Å². The maximum Gasteiger partial charge on any atom is 0.123 e. The highest BCUT2D eigenvalue weighted by atomic mass is 19.1. The largest absolute Gasteiger partial charge is 0.396 e. The van der Waals surface area contributed by atoms with Crippen molar-refractivity contribution in [3.8, 4) is 11.8 Å². The van der Waals surface area contributed by atoms with Crippen molar-refractivity contribution in [1.82, 2.24) is 5.32 Å². The maximum absolute atomic E-state index is 12.8. The van der Waals surface area contributed by atoms with Gasteiger partial charge in [0, 0.05) is 18.2 Å². The fraction of sp³-hybridized carbons (Fsp3) is 0.222. The maximum atomic E-state index is 12.8. The van der Waals surface area contributed by atoms with Gasteiger partial charge in [-0.25, -0.2) is 4.39 Å². The molecule has 0 saturated heterocycles. The van der Waals surface area contributed by atoms with Crippen LogP contribution in [0.25, 0.3) is 0 Å². The predicted octanol–water partition coefficient (Wildman–Crippen LogP) is 2.89. The summed E-state index contributed by atoms with van der Waals surface area (Å²) in [6, 6.07) is 16.2. The van der Waals surface area contributed by atoms with Gasteiger partial charge in [0.05, 0.1) is 6.54 Å². The highest BCUT2D eigenvalue weighted by Gasteiger charge is 2.08. The van der Waals surface area contributed by atoms with Crippen LogP contribution in [0.5, 0.6) is 0 Å². The molecular formula is C18H18FNO. The van der Waals surface area contributed by atoms with E-state index in [9.17, 15) is 4.39 Å². The second kappa shape index (κ2) is 8.21. The van der Waals surface area contributed by atoms with Crippen molar-refractivity contribution in [1.29, 1.82) is 0 Å². The monoisotopic (exact) mass is 283 g/mol. The molecule has 1 atom stereocenters. The second-order valence-electron chi connectivity index (χ2n) is 4.67. The van der Waals surface area contributed by atoms with E-state index in [1.165, 1.54) is 12.1 Å². The van der Waals surface area contributed by atoms with E-state index in [2.05, 4.69) is 17.2 Å². The summed E-state index contributed by atoms with van der Waals surface area (Å²) in [6.07, 6.45) is 0.641. The Balaban J connectivity index is 1.92. The van der Waals surface area contributed by atoms with Crippen LogP contribution in [0.3, 0.4) is 0 Å². The van der Waals surface area contributed by atoms with Crippen LogP contribution in [-0.2, 0) is 0 Å². The quantitative estimate of drug-likeness (QED) is 0.827. The third kappa shape index (κ3) is 5.03. The van der Waals surface area contributed by atoms with E-state index in [1.54, 1.807) is 12.1 Å². The van der Waals surface area contributed by atoms with Gasteiger partial charge in [-0.2, -0.15) is 0 Å². The molecule has 0 aliphatic rings. The number of aliphatic hydroxyl groups excluding tert-OH is 1. The lowest BCUT2D eigenvalue weighted by Crippen LogP contribution is -2.22. The third-order valence-corrected chi connectivity index (χ3v) is 3.13. The molecule has 3 heteroatoms. The highest BCUT2D eigenvalue weighted by molar-refractivity contribution is 5.34. The van der Waals surface area contributed by atoms with Crippen LogP contribution in [0.15, 0.2) is 54.6 Å². The summed E-state index contributed by atoms with van der Waals surface area (Å²) in [6.45, 7) is 0.634. The van der Waals surface area contributed by atoms with Gasteiger partial charge in [-0.15, -0.1) is 0 Å². The number of hydrogen-bond donors (Lipinski definition) is 2. The Kier molecular flexibility index (Phi) is 5.96. The molecule has 0 heterocycles. The number of rotatable bonds is 5. The molecule has 0 aromatic heterocycles. The molecule has 0 bridgehead atoms. The summed E-state index contributed by atoms with van der Waals surface area (Å²) in [5, 5.41) is 12.5. The Morgan fingerprint density at radius 2 is 1.76 bits per heavy atom. The summed E-state index contributed by atoms with van der Waals surface area (Å²) in [5.41, 5.74) is 1.92. The fourth-order valence-electron chi connectivity index (χ4n) is 2.05. The van der Waals surface area contributed by atoms with Crippen molar-refractivity contribution in [3.05, 3.63) is 71.5 Å². The lowest BCUT2D eigenvalue weighted by molar-refractivity contribution is 0.267. The second-order valence-corrected chi connectivity index (χ2v) is 4.67. The molecule has 0 aliphatic carbocycles. The van der Waals surface area contributed by atoms with E-state index in [0.29, 0.717) is 13.0 Å². The first-order chi connectivity index (χ1) is 10.3. The first-order valence-electron chi connectivity index (χ1n) is 6.93. The van der Waals surface area contributed by atoms with Crippen LogP contribution >= 0.6 is 0 Å². The SMILES string of the molecule is OCCC(NCC#Cc1ccc(F)cc1)c1ccccc1. The average molecular weight is 283 g/mol. The lowest BCUT2D eigenvalue weighted by Gasteiger charge is -2.16. The number of benzene rings is 2. The van der Waals surface area contributed by atoms with E-state index in [1.807, 2.05) is 30.3 Å². The standard InChI is InChI=1S/C18H18FNO/c19-17-10-8-15(9-11-17)5-4-13-20-18(12-14-21)16-6-2-1-3-7-16/h1-3,6-11,18,20-21H,12-14H2. The molecule has 0 aliphatic heterocycles. The van der Waals surface area contributed by atoms with Crippen molar-refractivity contribution in [3.63, 3.8) is 0 Å². The molecule has 108 valence electrons. The topological polar surface area (TPSA) is 32.3 Å². The van der Waals surface area contributed by atoms with Crippen LogP contribution in [-0.4, -0.2) is 18.3 Å². The zero-order chi connectivity index (χ0) is 14.9. The van der Waals surface area contributed by atoms with Gasteiger partial charge in [0.25, 0.3) is 0 Å². The van der Waals surface area contributed by atoms with Crippen LogP contribution < -0.4 is 5.32 Å². The van der Waals surface area contributed by atoms with Gasteiger partial charge in [-0.05, 0) is 36.2 Å². The summed E-state index contributed by atoms with van der Waals surface area (Å²) in [4.78, 5) is 0. The number of halogens is 1. The Bertz CT molecular complexity index is 599. The molecule has 0 amide bonds. The first kappa shape index (κ1) is 15.2. The lowest BCUT2D eigenvalue weighted by atomic mass is 10.0. The van der Waals surface area contributed by atoms with Gasteiger partial charge < -0.3 is 5.11 Å². The first-order valence-corrected chi connectivity index (χ1v) is 6.93. The van der Waals surface area contributed by atoms with Gasteiger partial charge in [0.2, 0.25) is 0 Å². The molecule has 0 spiro atoms. The molecule has 1 unspecified atom stereocenters. The van der Waals surface area contributed by atoms with E-state index < -0.39 is 0 Å². The molecule has 21 heavy (non-hydrogen) atoms. The molecule has 2 rings (SSSR count). The summed E-state index contributed by atoms with van der Waals surface area (Å²) in [5.74, 6) is 5.74. The van der Waals surface area contributed by atoms with Crippen LogP contribution in [0.4, 0.5) is 4.39 Å². The molecule has 2 nitrogen and oxygen atoms in total. The predicted molar refractivity (Wildman–Crippen MR) is 82.2 cm³/mol. The molecular weight excluding hydrogens is 265 g/mol. The molecule has 0 saturated carbocycles. The van der Waals surface area contributed by atoms with Gasteiger partial charge in [-0.3, -0.25) is 5.32 Å². The van der Waals surface area contributed by atoms with Crippen molar-refractivity contribution >= 4 is 0 Å². The van der Waals surface area contributed by atoms with Crippen molar-refractivity contribution < 1.29 is 9.50 Å². The Morgan fingerprint density at radius 1 is 1.05 bits per heavy atom. The van der Waals surface area contributed by atoms with Gasteiger partial charge in [-0.1, -0.05) is 42.2 Å². The summed E-state index contributed by atoms with van der Waals surface area (Å²) in [7, 11) is 0. The number of nitrogens with one attached hydrogen (secondary N) is 1. The zero-order valence-electron chi connectivity index (χ0n) is 11.7. The number of aliphatic hydroxyl groups is 1. The van der Waals surface area contributed by atoms with Crippen LogP contribution in [0, 0.1) is 17.7 Å². The van der Waals surface area contributed by atoms with Crippen molar-refractivity contribution in [2.45, 2.75) is 12.5 Å². The molecule has 0 fully saturated rings. The minimum atomic E-state index is -0.259. The summed E-state index contributed by atoms with van der Waals surface area (Å²) < 4.78 is 12.8. The van der Waals surface area contributed by atoms with Crippen molar-refractivity contribution in [2.24, 2.45) is 0 Å². The molecule has 2 aromatic carbocycles. The average Bonchev–Trinajstić information content (AvgIpc) is 2.53. The smallest absolute Gasteiger partial charge is 0.123 e. The van der Waals surface area contributed by atoms with Gasteiger partial charge >= 0.3 is 0 Å². The minimum absolute atomic E-state index is 0.0821. The highest BCUT2D eigenvalue weighted by Crippen LogP contribution is 2.15. The summed E-state index contributed by atoms with van der Waals surface area (Å²) >= 11 is 0. The van der Waals surface area contributed by atoms with E-state index >= 15 is 0 Å². The van der Waals surface area contributed by atoms with Crippen LogP contribution in [0.1, 0.15) is 23.6 Å². The molecule has 2 N–H and O–H groups in total. The Hall–Kier alpha value is -2.15. The minimum Gasteiger partial charge on any atom is -0.396 e. The number of hydrogen-bond acceptors (Lipinski definition) is 2. The normalized spacial score (nSPS) is 11.5. The zero-order valence-corrected chi connectivity index (χ0v) is 11.7. The van der Waals surface area contributed by atoms with E-state index in [4.69, 9.17) is 5.11 Å². The molecule has 2 aromatic rings. The Morgan fingerprint density at radius 3 is 2.43 bits per heavy atom. The Labute approximate surface area is 124 Å². The van der Waals surface area contributed by atoms with Crippen LogP contribution in [0.2, 0.25) is 0 Å². The van der Waals surface area contributed by atoms with E-state index in [0.717, 1.165) is 11.1 Å². The molecule has 0 radical (unpaired) electrons. The fourth-order valence-corrected chi connectivity index (χ4v) is 2.05. The van der Waals surface area contributed by atoms with Crippen molar-refractivity contribution in [2.75, 3.05) is 13.2 Å². The third-order valence-electron chi connectivity index (χ3n) is 3.13.